The van der Waals surface area contributed by atoms with Crippen LogP contribution in [0, 0.1) is 5.41 Å². The summed E-state index contributed by atoms with van der Waals surface area (Å²) in [4.78, 5) is 0.984. The summed E-state index contributed by atoms with van der Waals surface area (Å²) in [5.74, 6) is 1.62. The predicted octanol–water partition coefficient (Wildman–Crippen LogP) is 2.89. The molecule has 0 amide bonds. The first-order valence-corrected chi connectivity index (χ1v) is 7.39. The average Bonchev–Trinajstić information content (AvgIpc) is 2.34. The third-order valence-electron chi connectivity index (χ3n) is 2.35. The summed E-state index contributed by atoms with van der Waals surface area (Å²) in [6, 6.07) is 5.72. The van der Waals surface area contributed by atoms with Crippen molar-refractivity contribution in [2.75, 3.05) is 19.0 Å². The molecule has 0 fully saturated rings. The number of hydrogen-bond acceptors (Lipinski definition) is 4. The molecule has 0 saturated carbocycles. The molecular weight excluding hydrogens is 260 g/mol. The van der Waals surface area contributed by atoms with Gasteiger partial charge >= 0.3 is 0 Å². The quantitative estimate of drug-likeness (QED) is 0.333. The van der Waals surface area contributed by atoms with Gasteiger partial charge in [-0.25, -0.2) is 0 Å². The van der Waals surface area contributed by atoms with Gasteiger partial charge in [-0.05, 0) is 31.7 Å². The number of hydrogen-bond donors (Lipinski definition) is 2. The molecule has 0 spiro atoms. The molecule has 0 aliphatic carbocycles. The number of amidine groups is 1. The molecule has 0 bridgehead atoms. The van der Waals surface area contributed by atoms with E-state index in [4.69, 9.17) is 20.6 Å². The molecule has 106 valence electrons. The van der Waals surface area contributed by atoms with Gasteiger partial charge in [-0.1, -0.05) is 13.0 Å². The van der Waals surface area contributed by atoms with Crippen molar-refractivity contribution in [3.63, 3.8) is 0 Å². The minimum atomic E-state index is 0.0383. The highest BCUT2D eigenvalue weighted by molar-refractivity contribution is 7.99. The number of ether oxygens (including phenoxy) is 2. The van der Waals surface area contributed by atoms with Crippen LogP contribution in [-0.2, 0) is 4.74 Å². The van der Waals surface area contributed by atoms with E-state index in [9.17, 15) is 0 Å². The maximum Gasteiger partial charge on any atom is 0.131 e. The smallest absolute Gasteiger partial charge is 0.131 e. The van der Waals surface area contributed by atoms with Crippen LogP contribution in [-0.4, -0.2) is 30.9 Å². The number of nitrogens with two attached hydrogens (primary N) is 1. The molecule has 1 aromatic rings. The van der Waals surface area contributed by atoms with Crippen LogP contribution in [0.1, 0.15) is 26.3 Å². The van der Waals surface area contributed by atoms with E-state index in [0.717, 1.165) is 10.6 Å². The number of nitrogen functional groups attached to an aromatic ring is 1. The third kappa shape index (κ3) is 5.12. The zero-order valence-corrected chi connectivity index (χ0v) is 12.5. The summed E-state index contributed by atoms with van der Waals surface area (Å²) in [7, 11) is 0. The zero-order valence-electron chi connectivity index (χ0n) is 11.7. The van der Waals surface area contributed by atoms with Crippen molar-refractivity contribution < 1.29 is 9.47 Å². The maximum absolute atomic E-state index is 7.70. The summed E-state index contributed by atoms with van der Waals surface area (Å²) in [5.41, 5.74) is 6.34. The normalized spacial score (nSPS) is 10.7. The first-order valence-electron chi connectivity index (χ1n) is 6.40. The molecule has 0 saturated heterocycles. The Labute approximate surface area is 119 Å². The number of nitrogens with one attached hydrogen (secondary N) is 1. The average molecular weight is 282 g/mol. The minimum Gasteiger partial charge on any atom is -0.490 e. The van der Waals surface area contributed by atoms with Gasteiger partial charge in [-0.3, -0.25) is 5.41 Å². The van der Waals surface area contributed by atoms with Crippen molar-refractivity contribution in [2.24, 2.45) is 5.73 Å². The van der Waals surface area contributed by atoms with Crippen LogP contribution in [0.3, 0.4) is 0 Å². The van der Waals surface area contributed by atoms with Gasteiger partial charge in [0.25, 0.3) is 0 Å². The second-order valence-corrected chi connectivity index (χ2v) is 5.55. The van der Waals surface area contributed by atoms with Gasteiger partial charge in [0.1, 0.15) is 18.2 Å². The molecule has 0 aromatic heterocycles. The van der Waals surface area contributed by atoms with E-state index < -0.39 is 0 Å². The SMILES string of the molecule is CCSc1cccc(OCCOC(C)C)c1C(=N)N. The van der Waals surface area contributed by atoms with Crippen LogP contribution in [0.5, 0.6) is 5.75 Å². The standard InChI is InChI=1S/C14H22N2O2S/c1-4-19-12-7-5-6-11(13(12)14(15)16)18-9-8-17-10(2)3/h5-7,10H,4,8-9H2,1-3H3,(H3,15,16). The molecule has 5 heteroatoms. The van der Waals surface area contributed by atoms with Crippen LogP contribution in [0.15, 0.2) is 23.1 Å². The molecule has 0 heterocycles. The maximum atomic E-state index is 7.70. The Bertz CT molecular complexity index is 422. The van der Waals surface area contributed by atoms with E-state index >= 15 is 0 Å². The Morgan fingerprint density at radius 1 is 1.37 bits per heavy atom. The first-order chi connectivity index (χ1) is 9.06. The van der Waals surface area contributed by atoms with Crippen molar-refractivity contribution in [1.82, 2.24) is 0 Å². The highest BCUT2D eigenvalue weighted by Gasteiger charge is 2.12. The fraction of sp³-hybridized carbons (Fsp3) is 0.500. The second-order valence-electron chi connectivity index (χ2n) is 4.24. The van der Waals surface area contributed by atoms with E-state index in [0.29, 0.717) is 24.5 Å². The van der Waals surface area contributed by atoms with E-state index in [2.05, 4.69) is 6.92 Å². The minimum absolute atomic E-state index is 0.0383. The van der Waals surface area contributed by atoms with Gasteiger partial charge in [0.2, 0.25) is 0 Å². The van der Waals surface area contributed by atoms with Crippen LogP contribution >= 0.6 is 11.8 Å². The summed E-state index contributed by atoms with van der Waals surface area (Å²) in [6.45, 7) is 7.02. The summed E-state index contributed by atoms with van der Waals surface area (Å²) in [6.07, 6.45) is 0.192. The number of thioether (sulfide) groups is 1. The van der Waals surface area contributed by atoms with E-state index in [1.165, 1.54) is 0 Å². The summed E-state index contributed by atoms with van der Waals surface area (Å²) >= 11 is 1.66. The molecule has 4 nitrogen and oxygen atoms in total. The number of benzene rings is 1. The summed E-state index contributed by atoms with van der Waals surface area (Å²) < 4.78 is 11.1. The molecule has 1 aromatic carbocycles. The van der Waals surface area contributed by atoms with E-state index in [1.54, 1.807) is 11.8 Å². The molecule has 0 atom stereocenters. The van der Waals surface area contributed by atoms with Gasteiger partial charge in [-0.2, -0.15) is 0 Å². The molecular formula is C14H22N2O2S. The van der Waals surface area contributed by atoms with Crippen molar-refractivity contribution in [3.8, 4) is 5.75 Å². The van der Waals surface area contributed by atoms with E-state index in [1.807, 2.05) is 32.0 Å². The monoisotopic (exact) mass is 282 g/mol. The van der Waals surface area contributed by atoms with Crippen molar-refractivity contribution in [2.45, 2.75) is 31.8 Å². The van der Waals surface area contributed by atoms with Crippen LogP contribution in [0.2, 0.25) is 0 Å². The van der Waals surface area contributed by atoms with Gasteiger partial charge in [0.15, 0.2) is 0 Å². The van der Waals surface area contributed by atoms with Crippen LogP contribution in [0.4, 0.5) is 0 Å². The molecule has 3 N–H and O–H groups in total. The van der Waals surface area contributed by atoms with Gasteiger partial charge in [0.05, 0.1) is 18.3 Å². The topological polar surface area (TPSA) is 68.3 Å². The summed E-state index contributed by atoms with van der Waals surface area (Å²) in [5, 5.41) is 7.70. The first kappa shape index (κ1) is 15.9. The Morgan fingerprint density at radius 2 is 2.11 bits per heavy atom. The van der Waals surface area contributed by atoms with Crippen molar-refractivity contribution >= 4 is 17.6 Å². The fourth-order valence-electron chi connectivity index (χ4n) is 1.61. The highest BCUT2D eigenvalue weighted by atomic mass is 32.2. The van der Waals surface area contributed by atoms with Gasteiger partial charge in [0, 0.05) is 4.90 Å². The van der Waals surface area contributed by atoms with Crippen molar-refractivity contribution in [1.29, 1.82) is 5.41 Å². The molecule has 0 aliphatic heterocycles. The lowest BCUT2D eigenvalue weighted by Gasteiger charge is -2.14. The Kier molecular flexibility index (Phi) is 6.73. The Balaban J connectivity index is 2.76. The second kappa shape index (κ2) is 8.07. The van der Waals surface area contributed by atoms with Crippen molar-refractivity contribution in [3.05, 3.63) is 23.8 Å². The highest BCUT2D eigenvalue weighted by Crippen LogP contribution is 2.29. The fourth-order valence-corrected chi connectivity index (χ4v) is 2.45. The molecule has 0 aliphatic rings. The number of rotatable bonds is 8. The molecule has 19 heavy (non-hydrogen) atoms. The molecule has 0 unspecified atom stereocenters. The molecule has 0 radical (unpaired) electrons. The lowest BCUT2D eigenvalue weighted by molar-refractivity contribution is 0.0552. The third-order valence-corrected chi connectivity index (χ3v) is 3.29. The Hall–Kier alpha value is -1.20. The predicted molar refractivity (Wildman–Crippen MR) is 80.4 cm³/mol. The lowest BCUT2D eigenvalue weighted by Crippen LogP contribution is -2.17. The van der Waals surface area contributed by atoms with Crippen LogP contribution in [0.25, 0.3) is 0 Å². The van der Waals surface area contributed by atoms with Crippen LogP contribution < -0.4 is 10.5 Å². The van der Waals surface area contributed by atoms with Gasteiger partial charge in [-0.15, -0.1) is 11.8 Å². The lowest BCUT2D eigenvalue weighted by atomic mass is 10.2. The van der Waals surface area contributed by atoms with Gasteiger partial charge < -0.3 is 15.2 Å². The zero-order chi connectivity index (χ0) is 14.3. The van der Waals surface area contributed by atoms with E-state index in [-0.39, 0.29) is 11.9 Å². The molecule has 1 rings (SSSR count). The Morgan fingerprint density at radius 3 is 2.68 bits per heavy atom. The largest absolute Gasteiger partial charge is 0.490 e.